The van der Waals surface area contributed by atoms with Crippen LogP contribution in [0.15, 0.2) is 57.9 Å². The van der Waals surface area contributed by atoms with E-state index in [1.165, 1.54) is 5.56 Å². The van der Waals surface area contributed by atoms with Crippen molar-refractivity contribution in [1.82, 2.24) is 14.5 Å². The normalized spacial score (nSPS) is 16.5. The SMILES string of the molecule is CCN1CCN(Cc2ccc(CNS(=O)(=O)c3cccc(Br)c3)cc2)CC1. The Morgan fingerprint density at radius 3 is 2.22 bits per heavy atom. The summed E-state index contributed by atoms with van der Waals surface area (Å²) < 4.78 is 28.2. The van der Waals surface area contributed by atoms with Gasteiger partial charge in [0, 0.05) is 43.7 Å². The first kappa shape index (κ1) is 20.5. The van der Waals surface area contributed by atoms with Gasteiger partial charge in [-0.3, -0.25) is 4.90 Å². The molecule has 1 aliphatic rings. The van der Waals surface area contributed by atoms with Crippen LogP contribution in [-0.2, 0) is 23.1 Å². The molecule has 3 rings (SSSR count). The van der Waals surface area contributed by atoms with Crippen LogP contribution in [-0.4, -0.2) is 50.9 Å². The highest BCUT2D eigenvalue weighted by molar-refractivity contribution is 9.10. The first-order valence-electron chi connectivity index (χ1n) is 9.24. The highest BCUT2D eigenvalue weighted by atomic mass is 79.9. The average Bonchev–Trinajstić information content (AvgIpc) is 2.68. The Morgan fingerprint density at radius 2 is 1.59 bits per heavy atom. The fourth-order valence-electron chi connectivity index (χ4n) is 3.18. The smallest absolute Gasteiger partial charge is 0.240 e. The number of hydrogen-bond acceptors (Lipinski definition) is 4. The summed E-state index contributed by atoms with van der Waals surface area (Å²) in [5, 5.41) is 0. The maximum Gasteiger partial charge on any atom is 0.240 e. The molecule has 146 valence electrons. The Labute approximate surface area is 170 Å². The number of hydrogen-bond donors (Lipinski definition) is 1. The summed E-state index contributed by atoms with van der Waals surface area (Å²) in [6.07, 6.45) is 0. The van der Waals surface area contributed by atoms with Gasteiger partial charge in [0.15, 0.2) is 0 Å². The van der Waals surface area contributed by atoms with Gasteiger partial charge in [0.25, 0.3) is 0 Å². The first-order chi connectivity index (χ1) is 13.0. The molecule has 1 N–H and O–H groups in total. The van der Waals surface area contributed by atoms with Crippen molar-refractivity contribution in [2.24, 2.45) is 0 Å². The van der Waals surface area contributed by atoms with E-state index in [9.17, 15) is 8.42 Å². The van der Waals surface area contributed by atoms with Gasteiger partial charge in [-0.2, -0.15) is 0 Å². The van der Waals surface area contributed by atoms with E-state index >= 15 is 0 Å². The van der Waals surface area contributed by atoms with Crippen LogP contribution in [0.4, 0.5) is 0 Å². The zero-order valence-electron chi connectivity index (χ0n) is 15.6. The van der Waals surface area contributed by atoms with Crippen LogP contribution in [0.25, 0.3) is 0 Å². The van der Waals surface area contributed by atoms with Crippen LogP contribution in [0.5, 0.6) is 0 Å². The summed E-state index contributed by atoms with van der Waals surface area (Å²) >= 11 is 3.31. The highest BCUT2D eigenvalue weighted by Gasteiger charge is 2.16. The van der Waals surface area contributed by atoms with E-state index in [0.717, 1.165) is 49.3 Å². The number of benzene rings is 2. The average molecular weight is 452 g/mol. The second-order valence-electron chi connectivity index (χ2n) is 6.81. The van der Waals surface area contributed by atoms with Crippen LogP contribution in [0.1, 0.15) is 18.1 Å². The van der Waals surface area contributed by atoms with Crippen LogP contribution in [0.3, 0.4) is 0 Å². The maximum atomic E-state index is 12.4. The van der Waals surface area contributed by atoms with Gasteiger partial charge in [-0.05, 0) is 35.9 Å². The van der Waals surface area contributed by atoms with Crippen LogP contribution < -0.4 is 4.72 Å². The molecule has 7 heteroatoms. The molecule has 2 aromatic carbocycles. The molecule has 2 aromatic rings. The van der Waals surface area contributed by atoms with Gasteiger partial charge in [-0.1, -0.05) is 53.2 Å². The maximum absolute atomic E-state index is 12.4. The van der Waals surface area contributed by atoms with E-state index in [4.69, 9.17) is 0 Å². The van der Waals surface area contributed by atoms with Gasteiger partial charge in [0.2, 0.25) is 10.0 Å². The molecular weight excluding hydrogens is 426 g/mol. The molecule has 1 heterocycles. The molecule has 0 saturated carbocycles. The fourth-order valence-corrected chi connectivity index (χ4v) is 4.79. The molecule has 0 amide bonds. The standard InChI is InChI=1S/C20H26BrN3O2S/c1-2-23-10-12-24(13-11-23)16-18-8-6-17(7-9-18)15-22-27(25,26)20-5-3-4-19(21)14-20/h3-9,14,22H,2,10-13,15-16H2,1H3. The summed E-state index contributed by atoms with van der Waals surface area (Å²) in [5.74, 6) is 0. The Kier molecular flexibility index (Phi) is 7.05. The van der Waals surface area contributed by atoms with Gasteiger partial charge in [-0.25, -0.2) is 13.1 Å². The number of nitrogens with one attached hydrogen (secondary N) is 1. The van der Waals surface area contributed by atoms with Crippen molar-refractivity contribution in [3.63, 3.8) is 0 Å². The number of likely N-dealkylation sites (N-methyl/N-ethyl adjacent to an activating group) is 1. The van der Waals surface area contributed by atoms with Crippen LogP contribution in [0, 0.1) is 0 Å². The predicted molar refractivity (Wildman–Crippen MR) is 112 cm³/mol. The van der Waals surface area contributed by atoms with Crippen LogP contribution >= 0.6 is 15.9 Å². The lowest BCUT2D eigenvalue weighted by molar-refractivity contribution is 0.132. The summed E-state index contributed by atoms with van der Waals surface area (Å²) in [6, 6.07) is 14.9. The van der Waals surface area contributed by atoms with Gasteiger partial charge in [-0.15, -0.1) is 0 Å². The lowest BCUT2D eigenvalue weighted by Crippen LogP contribution is -2.45. The second-order valence-corrected chi connectivity index (χ2v) is 9.49. The Bertz CT molecular complexity index is 848. The molecule has 1 aliphatic heterocycles. The minimum atomic E-state index is -3.51. The molecule has 0 aliphatic carbocycles. The third-order valence-corrected chi connectivity index (χ3v) is 6.81. The van der Waals surface area contributed by atoms with Crippen molar-refractivity contribution >= 4 is 26.0 Å². The summed E-state index contributed by atoms with van der Waals surface area (Å²) in [4.78, 5) is 5.20. The van der Waals surface area contributed by atoms with Crippen molar-refractivity contribution in [2.75, 3.05) is 32.7 Å². The predicted octanol–water partition coefficient (Wildman–Crippen LogP) is 3.07. The van der Waals surface area contributed by atoms with Crippen molar-refractivity contribution in [3.05, 3.63) is 64.1 Å². The number of halogens is 1. The molecule has 0 atom stereocenters. The number of sulfonamides is 1. The largest absolute Gasteiger partial charge is 0.301 e. The molecule has 27 heavy (non-hydrogen) atoms. The molecule has 0 spiro atoms. The van der Waals surface area contributed by atoms with Crippen molar-refractivity contribution in [1.29, 1.82) is 0 Å². The first-order valence-corrected chi connectivity index (χ1v) is 11.5. The van der Waals surface area contributed by atoms with Gasteiger partial charge in [0.1, 0.15) is 0 Å². The van der Waals surface area contributed by atoms with E-state index in [-0.39, 0.29) is 11.4 Å². The van der Waals surface area contributed by atoms with E-state index in [1.807, 2.05) is 12.1 Å². The quantitative estimate of drug-likeness (QED) is 0.702. The topological polar surface area (TPSA) is 52.6 Å². The van der Waals surface area contributed by atoms with Crippen molar-refractivity contribution in [2.45, 2.75) is 24.9 Å². The monoisotopic (exact) mass is 451 g/mol. The highest BCUT2D eigenvalue weighted by Crippen LogP contribution is 2.16. The summed E-state index contributed by atoms with van der Waals surface area (Å²) in [7, 11) is -3.51. The minimum absolute atomic E-state index is 0.264. The Morgan fingerprint density at radius 1 is 0.963 bits per heavy atom. The van der Waals surface area contributed by atoms with Crippen molar-refractivity contribution in [3.8, 4) is 0 Å². The van der Waals surface area contributed by atoms with Crippen molar-refractivity contribution < 1.29 is 8.42 Å². The minimum Gasteiger partial charge on any atom is -0.301 e. The van der Waals surface area contributed by atoms with E-state index in [1.54, 1.807) is 24.3 Å². The number of rotatable bonds is 7. The molecule has 1 fully saturated rings. The van der Waals surface area contributed by atoms with E-state index in [2.05, 4.69) is 49.5 Å². The molecule has 1 saturated heterocycles. The van der Waals surface area contributed by atoms with Gasteiger partial charge >= 0.3 is 0 Å². The zero-order valence-corrected chi connectivity index (χ0v) is 18.0. The van der Waals surface area contributed by atoms with Crippen LogP contribution in [0.2, 0.25) is 0 Å². The lowest BCUT2D eigenvalue weighted by atomic mass is 10.1. The molecule has 5 nitrogen and oxygen atoms in total. The Hall–Kier alpha value is -1.25. The number of piperazine rings is 1. The fraction of sp³-hybridized carbons (Fsp3) is 0.400. The molecule has 0 bridgehead atoms. The van der Waals surface area contributed by atoms with Gasteiger partial charge in [0.05, 0.1) is 4.90 Å². The molecule has 0 radical (unpaired) electrons. The zero-order chi connectivity index (χ0) is 19.3. The molecule has 0 unspecified atom stereocenters. The van der Waals surface area contributed by atoms with Gasteiger partial charge < -0.3 is 4.90 Å². The third kappa shape index (κ3) is 5.86. The second kappa shape index (κ2) is 9.30. The Balaban J connectivity index is 1.53. The van der Waals surface area contributed by atoms with E-state index < -0.39 is 10.0 Å². The number of nitrogens with zero attached hydrogens (tertiary/aromatic N) is 2. The summed E-state index contributed by atoms with van der Waals surface area (Å²) in [5.41, 5.74) is 2.21. The lowest BCUT2D eigenvalue weighted by Gasteiger charge is -2.34. The van der Waals surface area contributed by atoms with E-state index in [0.29, 0.717) is 0 Å². The molecular formula is C20H26BrN3O2S. The third-order valence-electron chi connectivity index (χ3n) is 4.91. The molecule has 0 aromatic heterocycles. The summed E-state index contributed by atoms with van der Waals surface area (Å²) in [6.45, 7) is 9.02.